The molecule has 0 aliphatic carbocycles. The molecule has 2 heterocycles. The highest BCUT2D eigenvalue weighted by molar-refractivity contribution is 7.13. The van der Waals surface area contributed by atoms with E-state index < -0.39 is 12.2 Å². The maximum absolute atomic E-state index is 13.0. The molecule has 4 rings (SSSR count). The van der Waals surface area contributed by atoms with Gasteiger partial charge < -0.3 is 9.64 Å². The quantitative estimate of drug-likeness (QED) is 0.668. The fraction of sp³-hybridized carbons (Fsp3) is 0.150. The number of anilines is 2. The highest BCUT2D eigenvalue weighted by atomic mass is 32.1. The van der Waals surface area contributed by atoms with Crippen LogP contribution in [0.4, 0.5) is 10.8 Å². The fourth-order valence-electron chi connectivity index (χ4n) is 2.79. The van der Waals surface area contributed by atoms with Gasteiger partial charge in [-0.15, -0.1) is 11.3 Å². The van der Waals surface area contributed by atoms with Crippen molar-refractivity contribution in [2.45, 2.75) is 18.8 Å². The van der Waals surface area contributed by atoms with E-state index in [1.807, 2.05) is 60.7 Å². The molecule has 2 amide bonds. The molecule has 0 unspecified atom stereocenters. The van der Waals surface area contributed by atoms with E-state index >= 15 is 0 Å². The van der Waals surface area contributed by atoms with E-state index in [1.165, 1.54) is 11.3 Å². The molecule has 0 bridgehead atoms. The Bertz CT molecular complexity index is 916. The molecule has 1 fully saturated rings. The van der Waals surface area contributed by atoms with E-state index in [2.05, 4.69) is 10.3 Å². The molecule has 1 aliphatic heterocycles. The van der Waals surface area contributed by atoms with Crippen molar-refractivity contribution < 1.29 is 14.3 Å². The average molecular weight is 379 g/mol. The Morgan fingerprint density at radius 1 is 1.04 bits per heavy atom. The minimum atomic E-state index is -0.789. The van der Waals surface area contributed by atoms with Crippen molar-refractivity contribution in [3.05, 3.63) is 77.8 Å². The second-order valence-electron chi connectivity index (χ2n) is 6.05. The van der Waals surface area contributed by atoms with Crippen molar-refractivity contribution in [2.24, 2.45) is 0 Å². The van der Waals surface area contributed by atoms with Crippen molar-refractivity contribution >= 4 is 34.0 Å². The highest BCUT2D eigenvalue weighted by Gasteiger charge is 2.52. The minimum Gasteiger partial charge on any atom is -0.349 e. The summed E-state index contributed by atoms with van der Waals surface area (Å²) in [4.78, 5) is 31.0. The van der Waals surface area contributed by atoms with E-state index in [4.69, 9.17) is 4.74 Å². The van der Waals surface area contributed by atoms with Crippen LogP contribution in [-0.2, 0) is 20.9 Å². The fourth-order valence-corrected chi connectivity index (χ4v) is 3.32. The molecule has 6 nitrogen and oxygen atoms in total. The number of rotatable bonds is 6. The number of aromatic nitrogens is 1. The molecule has 0 radical (unpaired) electrons. The van der Waals surface area contributed by atoms with Crippen LogP contribution in [-0.4, -0.2) is 29.0 Å². The van der Waals surface area contributed by atoms with Gasteiger partial charge in [-0.3, -0.25) is 14.9 Å². The molecular formula is C20H17N3O3S. The van der Waals surface area contributed by atoms with Crippen molar-refractivity contribution in [1.29, 1.82) is 0 Å². The van der Waals surface area contributed by atoms with Crippen LogP contribution in [0.1, 0.15) is 5.56 Å². The van der Waals surface area contributed by atoms with Crippen molar-refractivity contribution in [3.8, 4) is 0 Å². The summed E-state index contributed by atoms with van der Waals surface area (Å²) in [5, 5.41) is 4.93. The van der Waals surface area contributed by atoms with E-state index in [1.54, 1.807) is 16.5 Å². The predicted molar refractivity (Wildman–Crippen MR) is 103 cm³/mol. The zero-order valence-electron chi connectivity index (χ0n) is 14.3. The van der Waals surface area contributed by atoms with Crippen LogP contribution in [0.5, 0.6) is 0 Å². The zero-order valence-corrected chi connectivity index (χ0v) is 15.1. The molecule has 136 valence electrons. The van der Waals surface area contributed by atoms with Gasteiger partial charge in [0.05, 0.1) is 6.54 Å². The van der Waals surface area contributed by atoms with Crippen molar-refractivity contribution in [3.63, 3.8) is 0 Å². The van der Waals surface area contributed by atoms with Crippen molar-refractivity contribution in [2.75, 3.05) is 10.2 Å². The number of para-hydroxylation sites is 1. The first-order valence-corrected chi connectivity index (χ1v) is 9.36. The minimum absolute atomic E-state index is 0.232. The van der Waals surface area contributed by atoms with Crippen LogP contribution in [0.3, 0.4) is 0 Å². The molecule has 1 aliphatic rings. The molecule has 0 saturated carbocycles. The number of thiazole rings is 1. The van der Waals surface area contributed by atoms with Crippen LogP contribution in [0, 0.1) is 0 Å². The lowest BCUT2D eigenvalue weighted by atomic mass is 10.1. The molecule has 27 heavy (non-hydrogen) atoms. The number of hydrogen-bond acceptors (Lipinski definition) is 5. The Hall–Kier alpha value is -3.03. The Balaban J connectivity index is 1.49. The van der Waals surface area contributed by atoms with Gasteiger partial charge in [0, 0.05) is 17.3 Å². The Morgan fingerprint density at radius 3 is 2.41 bits per heavy atom. The summed E-state index contributed by atoms with van der Waals surface area (Å²) >= 11 is 1.32. The Kier molecular flexibility index (Phi) is 4.95. The van der Waals surface area contributed by atoms with Gasteiger partial charge in [-0.2, -0.15) is 0 Å². The topological polar surface area (TPSA) is 74.8 Å². The van der Waals surface area contributed by atoms with E-state index in [0.29, 0.717) is 11.7 Å². The second kappa shape index (κ2) is 7.69. The molecule has 0 spiro atoms. The third-order valence-electron chi connectivity index (χ3n) is 4.17. The zero-order chi connectivity index (χ0) is 18.6. The first-order chi connectivity index (χ1) is 13.2. The van der Waals surface area contributed by atoms with Crippen LogP contribution in [0.15, 0.2) is 72.2 Å². The molecule has 1 N–H and O–H groups in total. The van der Waals surface area contributed by atoms with Gasteiger partial charge in [0.15, 0.2) is 17.3 Å². The standard InChI is InChI=1S/C20H17N3O3S/c24-18(22-20-21-11-12-27-20)16-17(26-16)19(25)23(15-9-5-2-6-10-15)13-14-7-3-1-4-8-14/h1-12,16-17H,13H2,(H,21,22,24)/t16-,17-/m0/s1. The van der Waals surface area contributed by atoms with Crippen LogP contribution in [0.2, 0.25) is 0 Å². The first-order valence-electron chi connectivity index (χ1n) is 8.48. The summed E-state index contributed by atoms with van der Waals surface area (Å²) in [5.74, 6) is -0.583. The predicted octanol–water partition coefficient (Wildman–Crippen LogP) is 3.08. The largest absolute Gasteiger partial charge is 0.349 e. The van der Waals surface area contributed by atoms with Gasteiger partial charge >= 0.3 is 0 Å². The lowest BCUT2D eigenvalue weighted by molar-refractivity contribution is -0.120. The number of ether oxygens (including phenoxy) is 1. The van der Waals surface area contributed by atoms with Crippen LogP contribution < -0.4 is 10.2 Å². The summed E-state index contributed by atoms with van der Waals surface area (Å²) in [5.41, 5.74) is 1.76. The molecule has 2 atom stereocenters. The number of carbonyl (C=O) groups excluding carboxylic acids is 2. The monoisotopic (exact) mass is 379 g/mol. The second-order valence-corrected chi connectivity index (χ2v) is 6.94. The smallest absolute Gasteiger partial charge is 0.259 e. The molecule has 3 aromatic rings. The normalized spacial score (nSPS) is 17.9. The molecular weight excluding hydrogens is 362 g/mol. The van der Waals surface area contributed by atoms with Gasteiger partial charge in [-0.05, 0) is 17.7 Å². The summed E-state index contributed by atoms with van der Waals surface area (Å²) < 4.78 is 5.40. The number of nitrogens with zero attached hydrogens (tertiary/aromatic N) is 2. The van der Waals surface area contributed by atoms with Crippen molar-refractivity contribution in [1.82, 2.24) is 4.98 Å². The highest BCUT2D eigenvalue weighted by Crippen LogP contribution is 2.29. The average Bonchev–Trinajstić information content (AvgIpc) is 3.36. The molecule has 2 aromatic carbocycles. The van der Waals surface area contributed by atoms with Gasteiger partial charge in [0.1, 0.15) is 0 Å². The lowest BCUT2D eigenvalue weighted by Gasteiger charge is -2.22. The molecule has 7 heteroatoms. The van der Waals surface area contributed by atoms with Gasteiger partial charge in [0.25, 0.3) is 11.8 Å². The lowest BCUT2D eigenvalue weighted by Crippen LogP contribution is -2.36. The van der Waals surface area contributed by atoms with Gasteiger partial charge in [-0.1, -0.05) is 48.5 Å². The number of epoxide rings is 1. The van der Waals surface area contributed by atoms with E-state index in [9.17, 15) is 9.59 Å². The SMILES string of the molecule is O=C(Nc1nccs1)[C@H]1O[C@@H]1C(=O)N(Cc1ccccc1)c1ccccc1. The van der Waals surface area contributed by atoms with E-state index in [0.717, 1.165) is 11.3 Å². The van der Waals surface area contributed by atoms with Crippen LogP contribution in [0.25, 0.3) is 0 Å². The maximum Gasteiger partial charge on any atom is 0.259 e. The number of nitrogens with one attached hydrogen (secondary N) is 1. The van der Waals surface area contributed by atoms with Gasteiger partial charge in [0.2, 0.25) is 0 Å². The van der Waals surface area contributed by atoms with Crippen LogP contribution >= 0.6 is 11.3 Å². The third kappa shape index (κ3) is 4.05. The Labute approximate surface area is 160 Å². The summed E-state index contributed by atoms with van der Waals surface area (Å²) in [6.07, 6.45) is 0.0329. The number of benzene rings is 2. The maximum atomic E-state index is 13.0. The van der Waals surface area contributed by atoms with E-state index in [-0.39, 0.29) is 11.8 Å². The van der Waals surface area contributed by atoms with Gasteiger partial charge in [-0.25, -0.2) is 4.98 Å². The third-order valence-corrected chi connectivity index (χ3v) is 4.86. The number of hydrogen-bond donors (Lipinski definition) is 1. The molecule has 1 aromatic heterocycles. The summed E-state index contributed by atoms with van der Waals surface area (Å²) in [6, 6.07) is 19.1. The number of carbonyl (C=O) groups is 2. The summed E-state index contributed by atoms with van der Waals surface area (Å²) in [6.45, 7) is 0.407. The molecule has 1 saturated heterocycles. The number of amides is 2. The summed E-state index contributed by atoms with van der Waals surface area (Å²) in [7, 11) is 0. The Morgan fingerprint density at radius 2 is 1.74 bits per heavy atom. The first kappa shape index (κ1) is 17.4.